The van der Waals surface area contributed by atoms with E-state index >= 15 is 0 Å². The number of pyridine rings is 1. The smallest absolute Gasteiger partial charge is 0.257 e. The third kappa shape index (κ3) is 4.30. The van der Waals surface area contributed by atoms with Gasteiger partial charge >= 0.3 is 0 Å². The number of nitrogens with two attached hydrogens (primary N) is 1. The zero-order valence-corrected chi connectivity index (χ0v) is 15.1. The van der Waals surface area contributed by atoms with E-state index in [4.69, 9.17) is 5.73 Å². The van der Waals surface area contributed by atoms with E-state index in [0.717, 1.165) is 13.1 Å². The van der Waals surface area contributed by atoms with Crippen LogP contribution < -0.4 is 10.6 Å². The van der Waals surface area contributed by atoms with E-state index in [2.05, 4.69) is 41.1 Å². The summed E-state index contributed by atoms with van der Waals surface area (Å²) >= 11 is 0. The molecule has 1 saturated heterocycles. The third-order valence-electron chi connectivity index (χ3n) is 4.02. The Morgan fingerprint density at radius 1 is 1.12 bits per heavy atom. The lowest BCUT2D eigenvalue weighted by Crippen LogP contribution is -2.49. The molecule has 1 amide bonds. The van der Waals surface area contributed by atoms with Crippen molar-refractivity contribution in [1.82, 2.24) is 9.88 Å². The summed E-state index contributed by atoms with van der Waals surface area (Å²) in [5.74, 6) is -0.0329. The molecule has 0 atom stereocenters. The van der Waals surface area contributed by atoms with Gasteiger partial charge < -0.3 is 15.5 Å². The number of benzene rings is 1. The largest absolute Gasteiger partial charge is 0.398 e. The summed E-state index contributed by atoms with van der Waals surface area (Å²) in [6.07, 6.45) is 3.15. The van der Waals surface area contributed by atoms with Gasteiger partial charge in [0.2, 0.25) is 0 Å². The SMILES string of the molecule is Cc1cccc(N2CCN(C(=O)c3cnccc3N)CC2)c1.Cl.Cl. The molecule has 0 saturated carbocycles. The van der Waals surface area contributed by atoms with Crippen molar-refractivity contribution in [2.24, 2.45) is 0 Å². The van der Waals surface area contributed by atoms with Crippen LogP contribution in [0.1, 0.15) is 15.9 Å². The van der Waals surface area contributed by atoms with Crippen LogP contribution in [-0.2, 0) is 0 Å². The number of anilines is 2. The van der Waals surface area contributed by atoms with Crippen molar-refractivity contribution < 1.29 is 4.79 Å². The number of amides is 1. The number of aromatic nitrogens is 1. The fourth-order valence-electron chi connectivity index (χ4n) is 2.75. The van der Waals surface area contributed by atoms with E-state index in [0.29, 0.717) is 24.3 Å². The zero-order chi connectivity index (χ0) is 15.5. The Morgan fingerprint density at radius 2 is 1.83 bits per heavy atom. The first-order valence-electron chi connectivity index (χ1n) is 7.45. The predicted molar refractivity (Wildman–Crippen MR) is 102 cm³/mol. The summed E-state index contributed by atoms with van der Waals surface area (Å²) in [6, 6.07) is 10.1. The Hall–Kier alpha value is -1.98. The highest BCUT2D eigenvalue weighted by molar-refractivity contribution is 5.98. The van der Waals surface area contributed by atoms with Crippen molar-refractivity contribution in [2.75, 3.05) is 36.8 Å². The Labute approximate surface area is 154 Å². The van der Waals surface area contributed by atoms with E-state index in [1.54, 1.807) is 18.5 Å². The maximum absolute atomic E-state index is 12.5. The maximum atomic E-state index is 12.5. The molecule has 0 aliphatic carbocycles. The second-order valence-corrected chi connectivity index (χ2v) is 5.58. The molecular weight excluding hydrogens is 347 g/mol. The highest BCUT2D eigenvalue weighted by Crippen LogP contribution is 2.19. The summed E-state index contributed by atoms with van der Waals surface area (Å²) in [5, 5.41) is 0. The van der Waals surface area contributed by atoms with Gasteiger partial charge in [0.15, 0.2) is 0 Å². The molecule has 7 heteroatoms. The zero-order valence-electron chi connectivity index (χ0n) is 13.5. The number of aryl methyl sites for hydroxylation is 1. The number of piperazine rings is 1. The Balaban J connectivity index is 0.00000144. The van der Waals surface area contributed by atoms with E-state index < -0.39 is 0 Å². The van der Waals surface area contributed by atoms with Gasteiger partial charge in [-0.15, -0.1) is 24.8 Å². The van der Waals surface area contributed by atoms with E-state index in [9.17, 15) is 4.79 Å². The summed E-state index contributed by atoms with van der Waals surface area (Å²) in [6.45, 7) is 5.14. The fraction of sp³-hybridized carbons (Fsp3) is 0.294. The summed E-state index contributed by atoms with van der Waals surface area (Å²) < 4.78 is 0. The lowest BCUT2D eigenvalue weighted by atomic mass is 10.1. The average molecular weight is 369 g/mol. The van der Waals surface area contributed by atoms with Gasteiger partial charge in [0, 0.05) is 49.9 Å². The van der Waals surface area contributed by atoms with Crippen LogP contribution in [0.3, 0.4) is 0 Å². The quantitative estimate of drug-likeness (QED) is 0.884. The molecule has 1 aliphatic rings. The van der Waals surface area contributed by atoms with Crippen LogP contribution in [0.4, 0.5) is 11.4 Å². The van der Waals surface area contributed by atoms with Crippen LogP contribution in [0.25, 0.3) is 0 Å². The molecule has 0 bridgehead atoms. The molecule has 2 aromatic rings. The van der Waals surface area contributed by atoms with Crippen molar-refractivity contribution in [2.45, 2.75) is 6.92 Å². The summed E-state index contributed by atoms with van der Waals surface area (Å²) in [4.78, 5) is 20.7. The molecule has 1 aliphatic heterocycles. The molecule has 2 heterocycles. The minimum Gasteiger partial charge on any atom is -0.398 e. The summed E-state index contributed by atoms with van der Waals surface area (Å²) in [7, 11) is 0. The first kappa shape index (κ1) is 20.1. The number of rotatable bonds is 2. The van der Waals surface area contributed by atoms with E-state index in [-0.39, 0.29) is 30.7 Å². The van der Waals surface area contributed by atoms with Crippen molar-refractivity contribution in [1.29, 1.82) is 0 Å². The van der Waals surface area contributed by atoms with Crippen LogP contribution >= 0.6 is 24.8 Å². The van der Waals surface area contributed by atoms with Gasteiger partial charge in [-0.05, 0) is 30.7 Å². The molecule has 24 heavy (non-hydrogen) atoms. The molecule has 5 nitrogen and oxygen atoms in total. The average Bonchev–Trinajstić information content (AvgIpc) is 2.55. The normalized spacial score (nSPS) is 13.7. The number of carbonyl (C=O) groups excluding carboxylic acids is 1. The van der Waals surface area contributed by atoms with Crippen molar-refractivity contribution >= 4 is 42.1 Å². The molecule has 1 aromatic carbocycles. The number of hydrogen-bond acceptors (Lipinski definition) is 4. The predicted octanol–water partition coefficient (Wildman–Crippen LogP) is 2.78. The Bertz CT molecular complexity index is 688. The van der Waals surface area contributed by atoms with E-state index in [1.165, 1.54) is 11.3 Å². The van der Waals surface area contributed by atoms with Gasteiger partial charge in [-0.25, -0.2) is 0 Å². The standard InChI is InChI=1S/C17H20N4O.2ClH/c1-13-3-2-4-14(11-13)20-7-9-21(10-8-20)17(22)15-12-19-6-5-16(15)18;;/h2-6,11-12H,7-10H2,1H3,(H2,18,19);2*1H. The lowest BCUT2D eigenvalue weighted by molar-refractivity contribution is 0.0747. The second kappa shape index (κ2) is 8.76. The molecule has 0 unspecified atom stereocenters. The molecule has 3 rings (SSSR count). The van der Waals surface area contributed by atoms with Crippen LogP contribution in [0.5, 0.6) is 0 Å². The maximum Gasteiger partial charge on any atom is 0.257 e. The Kier molecular flexibility index (Phi) is 7.32. The van der Waals surface area contributed by atoms with Gasteiger partial charge in [0.05, 0.1) is 5.56 Å². The van der Waals surface area contributed by atoms with Crippen LogP contribution in [0.15, 0.2) is 42.7 Å². The summed E-state index contributed by atoms with van der Waals surface area (Å²) in [5.41, 5.74) is 9.31. The molecular formula is C17H22Cl2N4O. The van der Waals surface area contributed by atoms with Gasteiger partial charge in [-0.3, -0.25) is 9.78 Å². The van der Waals surface area contributed by atoms with E-state index in [1.807, 2.05) is 4.90 Å². The number of nitrogens with zero attached hydrogens (tertiary/aromatic N) is 3. The topological polar surface area (TPSA) is 62.5 Å². The van der Waals surface area contributed by atoms with Crippen molar-refractivity contribution in [3.05, 3.63) is 53.9 Å². The van der Waals surface area contributed by atoms with Gasteiger partial charge in [0.25, 0.3) is 5.91 Å². The minimum atomic E-state index is -0.0329. The van der Waals surface area contributed by atoms with Crippen molar-refractivity contribution in [3.8, 4) is 0 Å². The first-order chi connectivity index (χ1) is 10.6. The monoisotopic (exact) mass is 368 g/mol. The Morgan fingerprint density at radius 3 is 2.46 bits per heavy atom. The molecule has 0 radical (unpaired) electrons. The molecule has 2 N–H and O–H groups in total. The van der Waals surface area contributed by atoms with Crippen LogP contribution in [-0.4, -0.2) is 42.0 Å². The highest BCUT2D eigenvalue weighted by atomic mass is 35.5. The minimum absolute atomic E-state index is 0. The van der Waals surface area contributed by atoms with Gasteiger partial charge in [0.1, 0.15) is 0 Å². The number of carbonyl (C=O) groups is 1. The lowest BCUT2D eigenvalue weighted by Gasteiger charge is -2.36. The molecule has 0 spiro atoms. The fourth-order valence-corrected chi connectivity index (χ4v) is 2.75. The molecule has 1 aromatic heterocycles. The number of nitrogen functional groups attached to an aromatic ring is 1. The van der Waals surface area contributed by atoms with Gasteiger partial charge in [-0.2, -0.15) is 0 Å². The molecule has 130 valence electrons. The first-order valence-corrected chi connectivity index (χ1v) is 7.45. The van der Waals surface area contributed by atoms with Crippen LogP contribution in [0.2, 0.25) is 0 Å². The number of halogens is 2. The highest BCUT2D eigenvalue weighted by Gasteiger charge is 2.23. The van der Waals surface area contributed by atoms with Gasteiger partial charge in [-0.1, -0.05) is 12.1 Å². The second-order valence-electron chi connectivity index (χ2n) is 5.58. The third-order valence-corrected chi connectivity index (χ3v) is 4.02. The van der Waals surface area contributed by atoms with Crippen LogP contribution in [0, 0.1) is 6.92 Å². The number of hydrogen-bond donors (Lipinski definition) is 1. The molecule has 1 fully saturated rings. The van der Waals surface area contributed by atoms with Crippen molar-refractivity contribution in [3.63, 3.8) is 0 Å².